The quantitative estimate of drug-likeness (QED) is 0.776. The molecular formula is C20H16N2O5. The second-order valence-electron chi connectivity index (χ2n) is 6.37. The Morgan fingerprint density at radius 3 is 2.19 bits per heavy atom. The number of rotatable bonds is 4. The number of carbonyl (C=O) groups is 4. The predicted octanol–water partition coefficient (Wildman–Crippen LogP) is 2.11. The van der Waals surface area contributed by atoms with Crippen LogP contribution in [-0.4, -0.2) is 35.3 Å². The van der Waals surface area contributed by atoms with Crippen molar-refractivity contribution in [3.05, 3.63) is 65.2 Å². The molecule has 2 aromatic carbocycles. The highest BCUT2D eigenvalue weighted by atomic mass is 16.7. The zero-order valence-electron chi connectivity index (χ0n) is 14.4. The lowest BCUT2D eigenvalue weighted by Gasteiger charge is -2.20. The molecule has 4 rings (SSSR count). The van der Waals surface area contributed by atoms with E-state index in [4.69, 9.17) is 4.84 Å². The smallest absolute Gasteiger partial charge is 0.329 e. The molecule has 1 saturated heterocycles. The third-order valence-electron chi connectivity index (χ3n) is 4.64. The number of hydroxylamine groups is 2. The zero-order chi connectivity index (χ0) is 19.0. The van der Waals surface area contributed by atoms with E-state index in [1.54, 1.807) is 41.3 Å². The Morgan fingerprint density at radius 2 is 1.56 bits per heavy atom. The predicted molar refractivity (Wildman–Crippen MR) is 94.8 cm³/mol. The van der Waals surface area contributed by atoms with Crippen molar-refractivity contribution in [3.63, 3.8) is 0 Å². The Balaban J connectivity index is 1.51. The van der Waals surface area contributed by atoms with Crippen LogP contribution in [0.25, 0.3) is 0 Å². The van der Waals surface area contributed by atoms with Crippen molar-refractivity contribution in [2.24, 2.45) is 0 Å². The first kappa shape index (κ1) is 17.0. The standard InChI is InChI=1S/C20H16N2O5/c23-17-10-5-11-21(17)16-9-4-1-6-13(16)12-18(24)27-22-19(25)14-7-2-3-8-15(14)20(22)26/h1-4,6-9H,5,10-12H2. The molecule has 2 aliphatic rings. The molecule has 0 spiro atoms. The van der Waals surface area contributed by atoms with E-state index in [0.29, 0.717) is 29.3 Å². The number of benzene rings is 2. The Bertz CT molecular complexity index is 933. The molecule has 7 nitrogen and oxygen atoms in total. The molecule has 2 heterocycles. The van der Waals surface area contributed by atoms with E-state index in [-0.39, 0.29) is 23.5 Å². The van der Waals surface area contributed by atoms with Crippen molar-refractivity contribution in [3.8, 4) is 0 Å². The van der Waals surface area contributed by atoms with Crippen molar-refractivity contribution >= 4 is 29.4 Å². The first-order valence-electron chi connectivity index (χ1n) is 8.63. The van der Waals surface area contributed by atoms with Crippen LogP contribution in [0.2, 0.25) is 0 Å². The van der Waals surface area contributed by atoms with Crippen molar-refractivity contribution in [2.75, 3.05) is 11.4 Å². The van der Waals surface area contributed by atoms with E-state index < -0.39 is 17.8 Å². The molecule has 0 radical (unpaired) electrons. The van der Waals surface area contributed by atoms with E-state index >= 15 is 0 Å². The Labute approximate surface area is 155 Å². The van der Waals surface area contributed by atoms with Crippen LogP contribution < -0.4 is 4.90 Å². The molecule has 0 saturated carbocycles. The van der Waals surface area contributed by atoms with Gasteiger partial charge in [0, 0.05) is 18.7 Å². The molecule has 27 heavy (non-hydrogen) atoms. The van der Waals surface area contributed by atoms with Crippen molar-refractivity contribution in [1.82, 2.24) is 5.06 Å². The summed E-state index contributed by atoms with van der Waals surface area (Å²) in [7, 11) is 0. The summed E-state index contributed by atoms with van der Waals surface area (Å²) in [5.41, 5.74) is 1.67. The van der Waals surface area contributed by atoms with Gasteiger partial charge in [-0.25, -0.2) is 4.79 Å². The monoisotopic (exact) mass is 364 g/mol. The summed E-state index contributed by atoms with van der Waals surface area (Å²) >= 11 is 0. The zero-order valence-corrected chi connectivity index (χ0v) is 14.4. The largest absolute Gasteiger partial charge is 0.337 e. The summed E-state index contributed by atoms with van der Waals surface area (Å²) < 4.78 is 0. The summed E-state index contributed by atoms with van der Waals surface area (Å²) in [4.78, 5) is 55.7. The fourth-order valence-electron chi connectivity index (χ4n) is 3.37. The van der Waals surface area contributed by atoms with Crippen molar-refractivity contribution in [1.29, 1.82) is 0 Å². The van der Waals surface area contributed by atoms with Gasteiger partial charge in [0.2, 0.25) is 5.91 Å². The highest BCUT2D eigenvalue weighted by Crippen LogP contribution is 2.27. The van der Waals surface area contributed by atoms with Crippen LogP contribution in [0.3, 0.4) is 0 Å². The molecule has 0 atom stereocenters. The average Bonchev–Trinajstić information content (AvgIpc) is 3.20. The maximum atomic E-state index is 12.4. The highest BCUT2D eigenvalue weighted by molar-refractivity contribution is 6.20. The molecule has 0 unspecified atom stereocenters. The van der Waals surface area contributed by atoms with Gasteiger partial charge in [-0.15, -0.1) is 0 Å². The minimum atomic E-state index is -0.747. The Kier molecular flexibility index (Phi) is 4.19. The van der Waals surface area contributed by atoms with Crippen LogP contribution in [0, 0.1) is 0 Å². The third-order valence-corrected chi connectivity index (χ3v) is 4.64. The average molecular weight is 364 g/mol. The van der Waals surface area contributed by atoms with Gasteiger partial charge in [-0.05, 0) is 30.2 Å². The molecule has 2 aliphatic heterocycles. The number of nitrogens with zero attached hydrogens (tertiary/aromatic N) is 2. The van der Waals surface area contributed by atoms with Gasteiger partial charge < -0.3 is 9.74 Å². The number of anilines is 1. The first-order chi connectivity index (χ1) is 13.1. The van der Waals surface area contributed by atoms with E-state index in [0.717, 1.165) is 6.42 Å². The molecule has 0 N–H and O–H groups in total. The van der Waals surface area contributed by atoms with Gasteiger partial charge in [0.25, 0.3) is 11.8 Å². The molecule has 3 amide bonds. The molecular weight excluding hydrogens is 348 g/mol. The van der Waals surface area contributed by atoms with E-state index in [1.807, 2.05) is 0 Å². The fraction of sp³-hybridized carbons (Fsp3) is 0.200. The molecule has 2 aromatic rings. The molecule has 0 aromatic heterocycles. The number of hydrogen-bond donors (Lipinski definition) is 0. The van der Waals surface area contributed by atoms with Crippen LogP contribution >= 0.6 is 0 Å². The number of amides is 3. The highest BCUT2D eigenvalue weighted by Gasteiger charge is 2.38. The third kappa shape index (κ3) is 2.97. The summed E-state index contributed by atoms with van der Waals surface area (Å²) in [5, 5.41) is 0.497. The van der Waals surface area contributed by atoms with E-state index in [1.165, 1.54) is 12.1 Å². The summed E-state index contributed by atoms with van der Waals surface area (Å²) in [5.74, 6) is -2.06. The SMILES string of the molecule is O=C(Cc1ccccc1N1CCCC1=O)ON1C(=O)c2ccccc2C1=O. The van der Waals surface area contributed by atoms with Crippen LogP contribution in [0.1, 0.15) is 39.1 Å². The Hall–Kier alpha value is -3.48. The van der Waals surface area contributed by atoms with Gasteiger partial charge in [-0.3, -0.25) is 14.4 Å². The lowest BCUT2D eigenvalue weighted by atomic mass is 10.1. The van der Waals surface area contributed by atoms with Crippen molar-refractivity contribution in [2.45, 2.75) is 19.3 Å². The normalized spacial score (nSPS) is 16.1. The summed E-state index contributed by atoms with van der Waals surface area (Å²) in [6.07, 6.45) is 1.09. The first-order valence-corrected chi connectivity index (χ1v) is 8.63. The maximum absolute atomic E-state index is 12.4. The number of para-hydroxylation sites is 1. The van der Waals surface area contributed by atoms with E-state index in [9.17, 15) is 19.2 Å². The number of carbonyl (C=O) groups excluding carboxylic acids is 4. The molecule has 7 heteroatoms. The van der Waals surface area contributed by atoms with Crippen LogP contribution in [0.4, 0.5) is 5.69 Å². The van der Waals surface area contributed by atoms with Crippen LogP contribution in [-0.2, 0) is 20.8 Å². The van der Waals surface area contributed by atoms with Gasteiger partial charge in [-0.2, -0.15) is 0 Å². The number of imide groups is 1. The van der Waals surface area contributed by atoms with Gasteiger partial charge in [0.05, 0.1) is 17.5 Å². The van der Waals surface area contributed by atoms with Crippen LogP contribution in [0.5, 0.6) is 0 Å². The molecule has 0 bridgehead atoms. The lowest BCUT2D eigenvalue weighted by molar-refractivity contribution is -0.167. The summed E-state index contributed by atoms with van der Waals surface area (Å²) in [6.45, 7) is 0.600. The van der Waals surface area contributed by atoms with Gasteiger partial charge in [0.1, 0.15) is 0 Å². The minimum Gasteiger partial charge on any atom is -0.329 e. The van der Waals surface area contributed by atoms with Crippen molar-refractivity contribution < 1.29 is 24.0 Å². The van der Waals surface area contributed by atoms with Gasteiger partial charge >= 0.3 is 5.97 Å². The second kappa shape index (κ2) is 6.68. The van der Waals surface area contributed by atoms with Gasteiger partial charge in [0.15, 0.2) is 0 Å². The molecule has 136 valence electrons. The minimum absolute atomic E-state index is 0.0103. The van der Waals surface area contributed by atoms with Gasteiger partial charge in [-0.1, -0.05) is 35.4 Å². The maximum Gasteiger partial charge on any atom is 0.337 e. The van der Waals surface area contributed by atoms with Crippen LogP contribution in [0.15, 0.2) is 48.5 Å². The number of hydrogen-bond acceptors (Lipinski definition) is 5. The summed E-state index contributed by atoms with van der Waals surface area (Å²) in [6, 6.07) is 13.3. The molecule has 1 fully saturated rings. The fourth-order valence-corrected chi connectivity index (χ4v) is 3.37. The second-order valence-corrected chi connectivity index (χ2v) is 6.37. The van der Waals surface area contributed by atoms with E-state index in [2.05, 4.69) is 0 Å². The molecule has 0 aliphatic carbocycles. The Morgan fingerprint density at radius 1 is 0.926 bits per heavy atom. The lowest BCUT2D eigenvalue weighted by Crippen LogP contribution is -2.33. The number of fused-ring (bicyclic) bond motifs is 1. The topological polar surface area (TPSA) is 84.0 Å².